The van der Waals surface area contributed by atoms with E-state index < -0.39 is 6.10 Å². The molecule has 5 heteroatoms. The number of hydrogen-bond donors (Lipinski definition) is 1. The molecule has 4 atom stereocenters. The Bertz CT molecular complexity index is 850. The van der Waals surface area contributed by atoms with Gasteiger partial charge in [0.15, 0.2) is 0 Å². The largest absolute Gasteiger partial charge is 0.429 e. The maximum atomic E-state index is 11.9. The van der Waals surface area contributed by atoms with Crippen molar-refractivity contribution in [2.24, 2.45) is 11.8 Å². The van der Waals surface area contributed by atoms with Gasteiger partial charge in [0.1, 0.15) is 5.76 Å². The second-order valence-corrected chi connectivity index (χ2v) is 9.95. The summed E-state index contributed by atoms with van der Waals surface area (Å²) in [6.07, 6.45) is 13.9. The Morgan fingerprint density at radius 2 is 2.09 bits per heavy atom. The maximum absolute atomic E-state index is 11.9. The maximum Gasteiger partial charge on any atom is 0.307 e. The standard InChI is InChI=1S/C27H39NO4/c1-5-19(12-13-31-17(2)3)20-10-11-22-23-8-6-7-9-25(23)28-16-21(30)15-26(32-18(4)29)27(28)24(22)14-20/h10-11,14,17,19,21,24-25,30H,5-9,12-13,15-16H2,1-4H3/t19?,21-,24?,25+/m1/s1. The zero-order valence-corrected chi connectivity index (χ0v) is 20.1. The predicted octanol–water partition coefficient (Wildman–Crippen LogP) is 5.03. The van der Waals surface area contributed by atoms with Crippen LogP contribution in [-0.4, -0.2) is 47.4 Å². The number of hydrogen-bond acceptors (Lipinski definition) is 5. The fourth-order valence-corrected chi connectivity index (χ4v) is 5.94. The second kappa shape index (κ2) is 9.96. The highest BCUT2D eigenvalue weighted by atomic mass is 16.5. The molecule has 0 saturated heterocycles. The molecule has 1 N–H and O–H groups in total. The number of carbonyl (C=O) groups excluding carboxylic acids is 1. The van der Waals surface area contributed by atoms with Crippen molar-refractivity contribution >= 4 is 5.97 Å². The van der Waals surface area contributed by atoms with E-state index in [9.17, 15) is 9.90 Å². The van der Waals surface area contributed by atoms with Gasteiger partial charge in [0.25, 0.3) is 0 Å². The molecular formula is C27H39NO4. The Labute approximate surface area is 192 Å². The average Bonchev–Trinajstić information content (AvgIpc) is 2.75. The van der Waals surface area contributed by atoms with Gasteiger partial charge in [-0.3, -0.25) is 4.79 Å². The number of esters is 1. The molecule has 1 saturated carbocycles. The zero-order valence-electron chi connectivity index (χ0n) is 20.1. The van der Waals surface area contributed by atoms with Crippen molar-refractivity contribution < 1.29 is 19.4 Å². The van der Waals surface area contributed by atoms with Crippen LogP contribution in [0.3, 0.4) is 0 Å². The van der Waals surface area contributed by atoms with Crippen molar-refractivity contribution in [1.82, 2.24) is 4.90 Å². The molecule has 5 nitrogen and oxygen atoms in total. The number of rotatable bonds is 7. The topological polar surface area (TPSA) is 59.0 Å². The van der Waals surface area contributed by atoms with Crippen LogP contribution < -0.4 is 0 Å². The Balaban J connectivity index is 1.73. The van der Waals surface area contributed by atoms with Crippen molar-refractivity contribution in [3.63, 3.8) is 0 Å². The van der Waals surface area contributed by atoms with Gasteiger partial charge in [-0.15, -0.1) is 0 Å². The lowest BCUT2D eigenvalue weighted by Crippen LogP contribution is -2.50. The van der Waals surface area contributed by atoms with Gasteiger partial charge in [-0.2, -0.15) is 0 Å². The first-order valence-corrected chi connectivity index (χ1v) is 12.5. The van der Waals surface area contributed by atoms with Crippen LogP contribution in [0.4, 0.5) is 0 Å². The third-order valence-corrected chi connectivity index (χ3v) is 7.34. The van der Waals surface area contributed by atoms with Crippen molar-refractivity contribution in [2.45, 2.75) is 90.9 Å². The lowest BCUT2D eigenvalue weighted by Gasteiger charge is -2.50. The van der Waals surface area contributed by atoms with Crippen molar-refractivity contribution in [3.05, 3.63) is 46.4 Å². The molecule has 0 bridgehead atoms. The molecule has 0 amide bonds. The lowest BCUT2D eigenvalue weighted by molar-refractivity contribution is -0.138. The molecule has 0 aromatic rings. The molecule has 2 aliphatic carbocycles. The minimum Gasteiger partial charge on any atom is -0.429 e. The van der Waals surface area contributed by atoms with Crippen molar-refractivity contribution in [3.8, 4) is 0 Å². The number of fused-ring (bicyclic) bond motifs is 5. The lowest BCUT2D eigenvalue weighted by atomic mass is 9.71. The number of aliphatic hydroxyl groups excluding tert-OH is 1. The van der Waals surface area contributed by atoms with E-state index in [4.69, 9.17) is 9.47 Å². The molecule has 0 aromatic heterocycles. The van der Waals surface area contributed by atoms with Crippen LogP contribution in [0.5, 0.6) is 0 Å². The van der Waals surface area contributed by atoms with E-state index in [1.807, 2.05) is 0 Å². The highest BCUT2D eigenvalue weighted by Crippen LogP contribution is 2.48. The van der Waals surface area contributed by atoms with Gasteiger partial charge in [-0.25, -0.2) is 0 Å². The molecule has 176 valence electrons. The van der Waals surface area contributed by atoms with Crippen molar-refractivity contribution in [2.75, 3.05) is 13.2 Å². The number of allylic oxidation sites excluding steroid dienone is 4. The van der Waals surface area contributed by atoms with Gasteiger partial charge in [0, 0.05) is 32.4 Å². The van der Waals surface area contributed by atoms with Crippen LogP contribution in [0.25, 0.3) is 0 Å². The Morgan fingerprint density at radius 3 is 2.81 bits per heavy atom. The molecule has 0 aromatic carbocycles. The van der Waals surface area contributed by atoms with Gasteiger partial charge >= 0.3 is 5.97 Å². The third kappa shape index (κ3) is 4.74. The molecule has 0 radical (unpaired) electrons. The van der Waals surface area contributed by atoms with Crippen LogP contribution in [0.2, 0.25) is 0 Å². The Kier molecular flexibility index (Phi) is 7.26. The predicted molar refractivity (Wildman–Crippen MR) is 126 cm³/mol. The summed E-state index contributed by atoms with van der Waals surface area (Å²) in [6, 6.07) is 0.312. The quantitative estimate of drug-likeness (QED) is 0.561. The van der Waals surface area contributed by atoms with E-state index in [0.29, 0.717) is 30.7 Å². The van der Waals surface area contributed by atoms with Gasteiger partial charge in [0.2, 0.25) is 0 Å². The molecule has 4 aliphatic rings. The first-order chi connectivity index (χ1) is 15.4. The van der Waals surface area contributed by atoms with Gasteiger partial charge in [-0.1, -0.05) is 31.6 Å². The molecule has 32 heavy (non-hydrogen) atoms. The molecule has 2 heterocycles. The van der Waals surface area contributed by atoms with Gasteiger partial charge in [-0.05, 0) is 68.6 Å². The fourth-order valence-electron chi connectivity index (χ4n) is 5.94. The summed E-state index contributed by atoms with van der Waals surface area (Å²) in [5.74, 6) is 0.891. The summed E-state index contributed by atoms with van der Waals surface area (Å²) in [4.78, 5) is 14.3. The third-order valence-electron chi connectivity index (χ3n) is 7.34. The summed E-state index contributed by atoms with van der Waals surface area (Å²) in [5, 5.41) is 10.6. The summed E-state index contributed by atoms with van der Waals surface area (Å²) in [5.41, 5.74) is 5.36. The van der Waals surface area contributed by atoms with Crippen LogP contribution in [0.15, 0.2) is 46.4 Å². The molecule has 2 unspecified atom stereocenters. The molecule has 0 spiro atoms. The number of ether oxygens (including phenoxy) is 2. The monoisotopic (exact) mass is 441 g/mol. The minimum atomic E-state index is -0.503. The molecule has 2 aliphatic heterocycles. The van der Waals surface area contributed by atoms with Crippen LogP contribution in [0, 0.1) is 11.8 Å². The Hall–Kier alpha value is -1.85. The van der Waals surface area contributed by atoms with Crippen LogP contribution >= 0.6 is 0 Å². The van der Waals surface area contributed by atoms with E-state index >= 15 is 0 Å². The average molecular weight is 442 g/mol. The molecule has 1 fully saturated rings. The van der Waals surface area contributed by atoms with E-state index in [-0.39, 0.29) is 18.0 Å². The van der Waals surface area contributed by atoms with E-state index in [1.165, 1.54) is 36.5 Å². The van der Waals surface area contributed by atoms with E-state index in [1.54, 1.807) is 0 Å². The van der Waals surface area contributed by atoms with Crippen molar-refractivity contribution in [1.29, 1.82) is 0 Å². The zero-order chi connectivity index (χ0) is 22.8. The number of carbonyl (C=O) groups is 1. The summed E-state index contributed by atoms with van der Waals surface area (Å²) in [6.45, 7) is 9.24. The fraction of sp³-hybridized carbons (Fsp3) is 0.667. The second-order valence-electron chi connectivity index (χ2n) is 9.95. The SMILES string of the molecule is CCC(CCOC(C)C)C1=CC2C(=C3CCCC[C@@H]3N3C[C@H](O)CC(OC(C)=O)=C23)C=C1. The summed E-state index contributed by atoms with van der Waals surface area (Å²) < 4.78 is 11.6. The first-order valence-electron chi connectivity index (χ1n) is 12.5. The number of aliphatic hydroxyl groups is 1. The highest BCUT2D eigenvalue weighted by molar-refractivity contribution is 5.67. The molecule has 4 rings (SSSR count). The summed E-state index contributed by atoms with van der Waals surface area (Å²) in [7, 11) is 0. The smallest absolute Gasteiger partial charge is 0.307 e. The minimum absolute atomic E-state index is 0.0984. The normalized spacial score (nSPS) is 28.2. The number of nitrogens with zero attached hydrogens (tertiary/aromatic N) is 1. The van der Waals surface area contributed by atoms with Gasteiger partial charge < -0.3 is 19.5 Å². The van der Waals surface area contributed by atoms with Gasteiger partial charge in [0.05, 0.1) is 23.9 Å². The van der Waals surface area contributed by atoms with E-state index in [2.05, 4.69) is 43.9 Å². The van der Waals surface area contributed by atoms with Crippen LogP contribution in [-0.2, 0) is 14.3 Å². The first kappa shape index (κ1) is 23.3. The highest BCUT2D eigenvalue weighted by Gasteiger charge is 2.44. The Morgan fingerprint density at radius 1 is 1.28 bits per heavy atom. The van der Waals surface area contributed by atoms with Crippen LogP contribution in [0.1, 0.15) is 72.6 Å². The summed E-state index contributed by atoms with van der Waals surface area (Å²) >= 11 is 0. The molecular weight excluding hydrogens is 402 g/mol. The van der Waals surface area contributed by atoms with E-state index in [0.717, 1.165) is 38.0 Å².